The average molecular weight is 523 g/mol. The number of carbonyl (C=O) groups excluding carboxylic acids is 1. The minimum Gasteiger partial charge on any atom is -0.481 e. The van der Waals surface area contributed by atoms with Gasteiger partial charge in [0.1, 0.15) is 0 Å². The lowest BCUT2D eigenvalue weighted by Crippen LogP contribution is -2.47. The van der Waals surface area contributed by atoms with E-state index in [0.717, 1.165) is 30.4 Å². The van der Waals surface area contributed by atoms with Crippen LogP contribution in [0.5, 0.6) is 0 Å². The number of nitrogens with zero attached hydrogens (tertiary/aromatic N) is 3. The van der Waals surface area contributed by atoms with Crippen molar-refractivity contribution in [2.24, 2.45) is 0 Å². The normalized spacial score (nSPS) is 16.9. The van der Waals surface area contributed by atoms with Gasteiger partial charge in [0, 0.05) is 26.2 Å². The summed E-state index contributed by atoms with van der Waals surface area (Å²) < 4.78 is 6.97. The minimum absolute atomic E-state index is 0.0662. The largest absolute Gasteiger partial charge is 0.481 e. The summed E-state index contributed by atoms with van der Waals surface area (Å²) in [6.07, 6.45) is -0.0916. The Balaban J connectivity index is 1.37. The van der Waals surface area contributed by atoms with E-state index in [4.69, 9.17) is 33.0 Å². The van der Waals surface area contributed by atoms with Crippen LogP contribution >= 0.6 is 58.1 Å². The third kappa shape index (κ3) is 8.41. The molecule has 1 aliphatic rings. The predicted molar refractivity (Wildman–Crippen MR) is 123 cm³/mol. The highest BCUT2D eigenvalue weighted by Crippen LogP contribution is 2.28. The molecule has 1 unspecified atom stereocenters. The zero-order valence-corrected chi connectivity index (χ0v) is 20.2. The first kappa shape index (κ1) is 24.6. The van der Waals surface area contributed by atoms with Gasteiger partial charge in [-0.3, -0.25) is 14.5 Å². The van der Waals surface area contributed by atoms with Crippen molar-refractivity contribution in [1.82, 2.24) is 20.4 Å². The van der Waals surface area contributed by atoms with E-state index in [1.54, 1.807) is 6.07 Å². The highest BCUT2D eigenvalue weighted by molar-refractivity contribution is 8.03. The lowest BCUT2D eigenvalue weighted by atomic mass is 10.2. The molecule has 1 saturated heterocycles. The molecule has 1 aliphatic heterocycles. The molecule has 1 aromatic carbocycles. The maximum atomic E-state index is 12.2. The van der Waals surface area contributed by atoms with Gasteiger partial charge in [0.05, 0.1) is 34.3 Å². The van der Waals surface area contributed by atoms with Crippen molar-refractivity contribution >= 4 is 69.9 Å². The van der Waals surface area contributed by atoms with Gasteiger partial charge in [-0.25, -0.2) is 0 Å². The van der Waals surface area contributed by atoms with Crippen molar-refractivity contribution < 1.29 is 19.4 Å². The summed E-state index contributed by atoms with van der Waals surface area (Å²) in [6.45, 7) is 3.26. The number of carboxylic acids is 1. The van der Waals surface area contributed by atoms with E-state index in [0.29, 0.717) is 38.4 Å². The van der Waals surface area contributed by atoms with Gasteiger partial charge in [-0.05, 0) is 17.7 Å². The second-order valence-electron chi connectivity index (χ2n) is 6.59. The molecular formula is C18H20Cl2N4O4S3. The first-order chi connectivity index (χ1) is 14.9. The zero-order valence-electron chi connectivity index (χ0n) is 16.3. The van der Waals surface area contributed by atoms with Crippen molar-refractivity contribution in [3.63, 3.8) is 0 Å². The molecule has 13 heteroatoms. The Kier molecular flexibility index (Phi) is 9.70. The smallest absolute Gasteiger partial charge is 0.313 e. The van der Waals surface area contributed by atoms with Gasteiger partial charge in [0.15, 0.2) is 8.68 Å². The lowest BCUT2D eigenvalue weighted by molar-refractivity contribution is -0.133. The van der Waals surface area contributed by atoms with Crippen LogP contribution in [0.4, 0.5) is 0 Å². The summed E-state index contributed by atoms with van der Waals surface area (Å²) in [7, 11) is 0. The number of halogens is 2. The molecule has 0 saturated carbocycles. The van der Waals surface area contributed by atoms with Crippen LogP contribution in [0, 0.1) is 0 Å². The van der Waals surface area contributed by atoms with Crippen molar-refractivity contribution in [1.29, 1.82) is 0 Å². The van der Waals surface area contributed by atoms with Crippen molar-refractivity contribution in [2.75, 3.05) is 37.7 Å². The van der Waals surface area contributed by atoms with Crippen LogP contribution in [0.3, 0.4) is 0 Å². The highest BCUT2D eigenvalue weighted by Gasteiger charge is 2.21. The standard InChI is InChI=1S/C18H20Cl2N4O4S3/c19-13-2-1-11(5-14(13)20)7-24-3-4-28-12(8-24)6-21-15(25)9-29-17-22-23-18(31-17)30-10-16(26)27/h1-2,5,12H,3-4,6-10H2,(H,21,25)(H,26,27). The van der Waals surface area contributed by atoms with Crippen molar-refractivity contribution in [3.05, 3.63) is 33.8 Å². The molecule has 0 aliphatic carbocycles. The second-order valence-corrected chi connectivity index (χ2v) is 10.8. The first-order valence-corrected chi connectivity index (χ1v) is 12.8. The van der Waals surface area contributed by atoms with Crippen molar-refractivity contribution in [2.45, 2.75) is 21.3 Å². The Morgan fingerprint density at radius 2 is 1.97 bits per heavy atom. The van der Waals surface area contributed by atoms with Gasteiger partial charge in [-0.15, -0.1) is 10.2 Å². The van der Waals surface area contributed by atoms with Crippen LogP contribution in [-0.2, 0) is 20.9 Å². The Morgan fingerprint density at radius 3 is 2.68 bits per heavy atom. The molecule has 1 amide bonds. The van der Waals surface area contributed by atoms with E-state index in [-0.39, 0.29) is 23.5 Å². The van der Waals surface area contributed by atoms with Gasteiger partial charge < -0.3 is 15.2 Å². The van der Waals surface area contributed by atoms with E-state index < -0.39 is 5.97 Å². The molecule has 3 rings (SSSR count). The number of aromatic nitrogens is 2. The van der Waals surface area contributed by atoms with Crippen molar-refractivity contribution in [3.8, 4) is 0 Å². The summed E-state index contributed by atoms with van der Waals surface area (Å²) in [5.41, 5.74) is 1.08. The number of benzene rings is 1. The fraction of sp³-hybridized carbons (Fsp3) is 0.444. The number of carboxylic acid groups (broad SMARTS) is 1. The molecule has 168 valence electrons. The zero-order chi connectivity index (χ0) is 22.2. The molecule has 8 nitrogen and oxygen atoms in total. The summed E-state index contributed by atoms with van der Waals surface area (Å²) in [6, 6.07) is 5.62. The molecule has 1 atom stereocenters. The summed E-state index contributed by atoms with van der Waals surface area (Å²) >= 11 is 15.7. The molecule has 2 N–H and O–H groups in total. The summed E-state index contributed by atoms with van der Waals surface area (Å²) in [5, 5.41) is 20.5. The monoisotopic (exact) mass is 522 g/mol. The van der Waals surface area contributed by atoms with Crippen LogP contribution < -0.4 is 5.32 Å². The van der Waals surface area contributed by atoms with E-state index in [1.165, 1.54) is 23.1 Å². The third-order valence-electron chi connectivity index (χ3n) is 4.17. The minimum atomic E-state index is -0.908. The Bertz CT molecular complexity index is 918. The molecule has 2 aromatic rings. The van der Waals surface area contributed by atoms with Gasteiger partial charge >= 0.3 is 5.97 Å². The molecule has 2 heterocycles. The van der Waals surface area contributed by atoms with Crippen LogP contribution in [0.25, 0.3) is 0 Å². The highest BCUT2D eigenvalue weighted by atomic mass is 35.5. The number of nitrogens with one attached hydrogen (secondary N) is 1. The average Bonchev–Trinajstić information content (AvgIpc) is 3.20. The quantitative estimate of drug-likeness (QED) is 0.455. The summed E-state index contributed by atoms with van der Waals surface area (Å²) in [5.74, 6) is -0.888. The fourth-order valence-electron chi connectivity index (χ4n) is 2.79. The van der Waals surface area contributed by atoms with Gasteiger partial charge in [-0.1, -0.05) is 64.1 Å². The second kappa shape index (κ2) is 12.2. The number of thioether (sulfide) groups is 2. The van der Waals surface area contributed by atoms with E-state index in [2.05, 4.69) is 20.4 Å². The molecule has 0 bridgehead atoms. The van der Waals surface area contributed by atoms with Crippen LogP contribution in [-0.4, -0.2) is 75.9 Å². The Morgan fingerprint density at radius 1 is 1.23 bits per heavy atom. The first-order valence-electron chi connectivity index (χ1n) is 9.24. The predicted octanol–water partition coefficient (Wildman–Crippen LogP) is 3.13. The van der Waals surface area contributed by atoms with Gasteiger partial charge in [-0.2, -0.15) is 0 Å². The maximum Gasteiger partial charge on any atom is 0.313 e. The Hall–Kier alpha value is -1.08. The van der Waals surface area contributed by atoms with Crippen LogP contribution in [0.15, 0.2) is 26.9 Å². The number of morpholine rings is 1. The number of carbonyl (C=O) groups is 2. The maximum absolute atomic E-state index is 12.2. The number of hydrogen-bond acceptors (Lipinski definition) is 9. The number of rotatable bonds is 10. The molecule has 0 spiro atoms. The summed E-state index contributed by atoms with van der Waals surface area (Å²) in [4.78, 5) is 25.0. The van der Waals surface area contributed by atoms with Gasteiger partial charge in [0.25, 0.3) is 0 Å². The Labute approximate surface area is 202 Å². The molecule has 31 heavy (non-hydrogen) atoms. The third-order valence-corrected chi connectivity index (χ3v) is 8.09. The van der Waals surface area contributed by atoms with E-state index in [1.807, 2.05) is 12.1 Å². The molecular weight excluding hydrogens is 503 g/mol. The number of ether oxygens (including phenoxy) is 1. The van der Waals surface area contributed by atoms with E-state index >= 15 is 0 Å². The van der Waals surface area contributed by atoms with E-state index in [9.17, 15) is 9.59 Å². The fourth-order valence-corrected chi connectivity index (χ4v) is 5.68. The number of hydrogen-bond donors (Lipinski definition) is 2. The number of amides is 1. The molecule has 1 fully saturated rings. The van der Waals surface area contributed by atoms with Gasteiger partial charge in [0.2, 0.25) is 5.91 Å². The number of aliphatic carboxylic acids is 1. The van der Waals surface area contributed by atoms with Crippen LogP contribution in [0.1, 0.15) is 5.56 Å². The SMILES string of the molecule is O=C(O)CSc1nnc(SCC(=O)NCC2CN(Cc3ccc(Cl)c(Cl)c3)CCO2)s1. The molecule has 1 aromatic heterocycles. The van der Waals surface area contributed by atoms with Crippen LogP contribution in [0.2, 0.25) is 10.0 Å². The molecule has 0 radical (unpaired) electrons. The topological polar surface area (TPSA) is 105 Å². The lowest BCUT2D eigenvalue weighted by Gasteiger charge is -2.33.